The number of hydrazone groups is 1. The van der Waals surface area contributed by atoms with Crippen molar-refractivity contribution >= 4 is 12.1 Å². The molecule has 0 bridgehead atoms. The third kappa shape index (κ3) is 4.20. The fourth-order valence-electron chi connectivity index (χ4n) is 2.65. The Morgan fingerprint density at radius 1 is 1.07 bits per heavy atom. The lowest BCUT2D eigenvalue weighted by Crippen LogP contribution is -2.18. The first-order chi connectivity index (χ1) is 13.5. The van der Waals surface area contributed by atoms with Gasteiger partial charge >= 0.3 is 0 Å². The number of aromatic amines is 1. The second-order valence-corrected chi connectivity index (χ2v) is 6.27. The Balaban J connectivity index is 1.71. The van der Waals surface area contributed by atoms with Gasteiger partial charge in [-0.3, -0.25) is 9.89 Å². The molecular weight excluding hydrogens is 356 g/mol. The molecule has 3 aromatic rings. The number of H-pyrrole nitrogens is 1. The van der Waals surface area contributed by atoms with Crippen LogP contribution in [0.5, 0.6) is 11.5 Å². The number of hydrogen-bond acceptors (Lipinski definition) is 5. The fraction of sp³-hybridized carbons (Fsp3) is 0.190. The highest BCUT2D eigenvalue weighted by atomic mass is 16.5. The van der Waals surface area contributed by atoms with Crippen molar-refractivity contribution in [1.29, 1.82) is 0 Å². The number of aromatic nitrogens is 2. The van der Waals surface area contributed by atoms with Gasteiger partial charge in [-0.1, -0.05) is 12.1 Å². The Labute approximate surface area is 163 Å². The van der Waals surface area contributed by atoms with Crippen LogP contribution in [0.25, 0.3) is 11.3 Å². The molecule has 0 saturated carbocycles. The van der Waals surface area contributed by atoms with Crippen molar-refractivity contribution in [3.8, 4) is 22.8 Å². The third-order valence-corrected chi connectivity index (χ3v) is 4.43. The van der Waals surface area contributed by atoms with E-state index in [1.54, 1.807) is 38.5 Å². The predicted octanol–water partition coefficient (Wildman–Crippen LogP) is 3.47. The van der Waals surface area contributed by atoms with E-state index in [9.17, 15) is 4.79 Å². The Hall–Kier alpha value is -3.61. The Kier molecular flexibility index (Phi) is 5.74. The first-order valence-corrected chi connectivity index (χ1v) is 8.70. The summed E-state index contributed by atoms with van der Waals surface area (Å²) in [6.07, 6.45) is 1.50. The molecule has 7 nitrogen and oxygen atoms in total. The summed E-state index contributed by atoms with van der Waals surface area (Å²) in [5, 5.41) is 11.0. The number of nitrogens with one attached hydrogen (secondary N) is 2. The summed E-state index contributed by atoms with van der Waals surface area (Å²) in [5.41, 5.74) is 7.52. The fourth-order valence-corrected chi connectivity index (χ4v) is 2.65. The summed E-state index contributed by atoms with van der Waals surface area (Å²) in [7, 11) is 3.15. The van der Waals surface area contributed by atoms with Gasteiger partial charge in [0.25, 0.3) is 5.91 Å². The van der Waals surface area contributed by atoms with Crippen LogP contribution in [0.15, 0.2) is 47.6 Å². The zero-order chi connectivity index (χ0) is 20.1. The molecule has 144 valence electrons. The van der Waals surface area contributed by atoms with Gasteiger partial charge in [0.2, 0.25) is 0 Å². The van der Waals surface area contributed by atoms with Crippen LogP contribution in [0, 0.1) is 13.8 Å². The van der Waals surface area contributed by atoms with Crippen LogP contribution >= 0.6 is 0 Å². The predicted molar refractivity (Wildman–Crippen MR) is 108 cm³/mol. The van der Waals surface area contributed by atoms with Gasteiger partial charge in [0.05, 0.1) is 26.1 Å². The van der Waals surface area contributed by atoms with Crippen molar-refractivity contribution in [3.63, 3.8) is 0 Å². The van der Waals surface area contributed by atoms with Crippen molar-refractivity contribution < 1.29 is 14.3 Å². The number of nitrogens with zero attached hydrogens (tertiary/aromatic N) is 2. The molecule has 0 aliphatic heterocycles. The average molecular weight is 378 g/mol. The van der Waals surface area contributed by atoms with Crippen LogP contribution < -0.4 is 14.9 Å². The van der Waals surface area contributed by atoms with E-state index < -0.39 is 0 Å². The summed E-state index contributed by atoms with van der Waals surface area (Å²) in [5.74, 6) is 0.901. The molecule has 0 unspecified atom stereocenters. The first-order valence-electron chi connectivity index (χ1n) is 8.70. The summed E-state index contributed by atoms with van der Waals surface area (Å²) in [6.45, 7) is 4.10. The van der Waals surface area contributed by atoms with Gasteiger partial charge in [-0.05, 0) is 55.3 Å². The van der Waals surface area contributed by atoms with Crippen LogP contribution in [-0.4, -0.2) is 36.5 Å². The average Bonchev–Trinajstić information content (AvgIpc) is 3.20. The molecule has 0 atom stereocenters. The quantitative estimate of drug-likeness (QED) is 0.508. The van der Waals surface area contributed by atoms with Crippen LogP contribution in [0.3, 0.4) is 0 Å². The molecule has 0 radical (unpaired) electrons. The van der Waals surface area contributed by atoms with E-state index >= 15 is 0 Å². The normalized spacial score (nSPS) is 10.9. The van der Waals surface area contributed by atoms with Crippen LogP contribution in [-0.2, 0) is 0 Å². The largest absolute Gasteiger partial charge is 0.497 e. The Bertz CT molecular complexity index is 1020. The van der Waals surface area contributed by atoms with E-state index in [1.165, 1.54) is 17.3 Å². The van der Waals surface area contributed by atoms with Gasteiger partial charge in [0.1, 0.15) is 17.2 Å². The topological polar surface area (TPSA) is 88.6 Å². The molecule has 0 spiro atoms. The maximum absolute atomic E-state index is 12.3. The van der Waals surface area contributed by atoms with Crippen LogP contribution in [0.4, 0.5) is 0 Å². The molecule has 2 aromatic carbocycles. The second kappa shape index (κ2) is 8.39. The van der Waals surface area contributed by atoms with Gasteiger partial charge < -0.3 is 9.47 Å². The lowest BCUT2D eigenvalue weighted by molar-refractivity contribution is 0.0950. The summed E-state index contributed by atoms with van der Waals surface area (Å²) in [4.78, 5) is 12.3. The maximum atomic E-state index is 12.3. The standard InChI is InChI=1S/C21H22N4O3/c1-13-5-6-15(9-14(13)2)18-11-19(24-23-18)21(26)25-22-12-16-10-17(27-3)7-8-20(16)28-4/h5-12H,1-4H3,(H,23,24)(H,25,26). The lowest BCUT2D eigenvalue weighted by Gasteiger charge is -2.06. The maximum Gasteiger partial charge on any atom is 0.289 e. The molecule has 0 aliphatic carbocycles. The number of carbonyl (C=O) groups excluding carboxylic acids is 1. The summed E-state index contributed by atoms with van der Waals surface area (Å²) in [6, 6.07) is 13.1. The number of methoxy groups -OCH3 is 2. The molecular formula is C21H22N4O3. The van der Waals surface area contributed by atoms with Gasteiger partial charge in [0.15, 0.2) is 0 Å². The second-order valence-electron chi connectivity index (χ2n) is 6.27. The number of carbonyl (C=O) groups is 1. The summed E-state index contributed by atoms with van der Waals surface area (Å²) < 4.78 is 10.5. The molecule has 1 aromatic heterocycles. The number of benzene rings is 2. The number of hydrogen-bond donors (Lipinski definition) is 2. The number of amides is 1. The van der Waals surface area contributed by atoms with Gasteiger partial charge in [-0.15, -0.1) is 0 Å². The SMILES string of the molecule is COc1ccc(OC)c(C=NNC(=O)c2cc(-c3ccc(C)c(C)c3)n[nH]2)c1. The van der Waals surface area contributed by atoms with E-state index in [-0.39, 0.29) is 5.91 Å². The molecule has 0 aliphatic rings. The Morgan fingerprint density at radius 2 is 1.89 bits per heavy atom. The molecule has 28 heavy (non-hydrogen) atoms. The highest BCUT2D eigenvalue weighted by Gasteiger charge is 2.11. The van der Waals surface area contributed by atoms with Crippen molar-refractivity contribution in [2.45, 2.75) is 13.8 Å². The minimum Gasteiger partial charge on any atom is -0.497 e. The smallest absolute Gasteiger partial charge is 0.289 e. The molecule has 0 saturated heterocycles. The summed E-state index contributed by atoms with van der Waals surface area (Å²) >= 11 is 0. The highest BCUT2D eigenvalue weighted by molar-refractivity contribution is 5.94. The molecule has 3 rings (SSSR count). The van der Waals surface area contributed by atoms with Crippen molar-refractivity contribution in [1.82, 2.24) is 15.6 Å². The van der Waals surface area contributed by atoms with Crippen LogP contribution in [0.1, 0.15) is 27.2 Å². The molecule has 0 fully saturated rings. The molecule has 7 heteroatoms. The highest BCUT2D eigenvalue weighted by Crippen LogP contribution is 2.22. The van der Waals surface area contributed by atoms with Crippen LogP contribution in [0.2, 0.25) is 0 Å². The minimum absolute atomic E-state index is 0.322. The monoisotopic (exact) mass is 378 g/mol. The van der Waals surface area contributed by atoms with Gasteiger partial charge in [-0.25, -0.2) is 5.43 Å². The van der Waals surface area contributed by atoms with E-state index in [0.717, 1.165) is 5.56 Å². The van der Waals surface area contributed by atoms with E-state index in [2.05, 4.69) is 27.6 Å². The lowest BCUT2D eigenvalue weighted by atomic mass is 10.0. The minimum atomic E-state index is -0.388. The number of aryl methyl sites for hydroxylation is 2. The van der Waals surface area contributed by atoms with Gasteiger partial charge in [-0.2, -0.15) is 10.2 Å². The molecule has 1 amide bonds. The molecule has 1 heterocycles. The third-order valence-electron chi connectivity index (χ3n) is 4.43. The number of rotatable bonds is 6. The molecule has 2 N–H and O–H groups in total. The van der Waals surface area contributed by atoms with Gasteiger partial charge in [0, 0.05) is 11.1 Å². The van der Waals surface area contributed by atoms with Crippen molar-refractivity contribution in [2.75, 3.05) is 14.2 Å². The van der Waals surface area contributed by atoms with E-state index in [1.807, 2.05) is 25.1 Å². The van der Waals surface area contributed by atoms with E-state index in [4.69, 9.17) is 9.47 Å². The Morgan fingerprint density at radius 3 is 2.61 bits per heavy atom. The van der Waals surface area contributed by atoms with Crippen molar-refractivity contribution in [3.05, 3.63) is 64.8 Å². The zero-order valence-electron chi connectivity index (χ0n) is 16.2. The van der Waals surface area contributed by atoms with E-state index in [0.29, 0.717) is 28.5 Å². The van der Waals surface area contributed by atoms with Crippen molar-refractivity contribution in [2.24, 2.45) is 5.10 Å². The zero-order valence-corrected chi connectivity index (χ0v) is 16.2. The first kappa shape index (κ1) is 19.2. The number of ether oxygens (including phenoxy) is 2.